The maximum atomic E-state index is 12.2. The van der Waals surface area contributed by atoms with Gasteiger partial charge >= 0.3 is 6.18 Å². The minimum atomic E-state index is -4.42. The number of carbonyl (C=O) groups is 1. The smallest absolute Gasteiger partial charge is 0.422 e. The van der Waals surface area contributed by atoms with E-state index in [1.165, 1.54) is 18.3 Å². The van der Waals surface area contributed by atoms with Crippen LogP contribution >= 0.6 is 12.4 Å². The molecule has 2 rings (SSSR count). The lowest BCUT2D eigenvalue weighted by Gasteiger charge is -2.28. The number of nitrogens with two attached hydrogens (primary N) is 1. The molecule has 1 aliphatic rings. The van der Waals surface area contributed by atoms with Gasteiger partial charge in [-0.2, -0.15) is 13.2 Å². The van der Waals surface area contributed by atoms with Crippen molar-refractivity contribution < 1.29 is 22.7 Å². The average Bonchev–Trinajstić information content (AvgIpc) is 2.94. The molecule has 0 unspecified atom stereocenters. The number of aromatic nitrogens is 1. The summed E-state index contributed by atoms with van der Waals surface area (Å²) in [4.78, 5) is 15.9. The van der Waals surface area contributed by atoms with E-state index < -0.39 is 12.8 Å². The Morgan fingerprint density at radius 1 is 1.35 bits per heavy atom. The second-order valence-electron chi connectivity index (χ2n) is 5.43. The van der Waals surface area contributed by atoms with Crippen molar-refractivity contribution in [2.45, 2.75) is 37.4 Å². The third-order valence-corrected chi connectivity index (χ3v) is 3.71. The molecule has 0 aliphatic heterocycles. The number of nitrogens with zero attached hydrogens (tertiary/aromatic N) is 1. The molecule has 1 aromatic rings. The largest absolute Gasteiger partial charge is 0.468 e. The van der Waals surface area contributed by atoms with Crippen LogP contribution in [0.4, 0.5) is 13.2 Å². The SMILES string of the molecule is Cl.NCC1(NC(=O)c2ccc(OCC(F)(F)F)nc2)CCCC1. The first-order chi connectivity index (χ1) is 10.3. The summed E-state index contributed by atoms with van der Waals surface area (Å²) in [5.41, 5.74) is 5.62. The Labute approximate surface area is 138 Å². The molecule has 9 heteroatoms. The highest BCUT2D eigenvalue weighted by molar-refractivity contribution is 5.94. The number of carbonyl (C=O) groups excluding carboxylic acids is 1. The Morgan fingerprint density at radius 3 is 2.48 bits per heavy atom. The number of amides is 1. The molecular formula is C14H19ClF3N3O2. The Bertz CT molecular complexity index is 517. The van der Waals surface area contributed by atoms with E-state index in [1.807, 2.05) is 0 Å². The van der Waals surface area contributed by atoms with Crippen molar-refractivity contribution in [1.82, 2.24) is 10.3 Å². The fraction of sp³-hybridized carbons (Fsp3) is 0.571. The van der Waals surface area contributed by atoms with Gasteiger partial charge in [0.25, 0.3) is 5.91 Å². The van der Waals surface area contributed by atoms with Crippen LogP contribution in [0.1, 0.15) is 36.0 Å². The van der Waals surface area contributed by atoms with Gasteiger partial charge in [-0.25, -0.2) is 4.98 Å². The summed E-state index contributed by atoms with van der Waals surface area (Å²) in [5.74, 6) is -0.509. The number of ether oxygens (including phenoxy) is 1. The quantitative estimate of drug-likeness (QED) is 0.852. The molecule has 1 fully saturated rings. The standard InChI is InChI=1S/C14H18F3N3O2.ClH/c15-14(16,17)9-22-11-4-3-10(7-19-11)12(21)20-13(8-18)5-1-2-6-13;/h3-4,7H,1-2,5-6,8-9,18H2,(H,20,21);1H. The van der Waals surface area contributed by atoms with Gasteiger partial charge < -0.3 is 15.8 Å². The molecular weight excluding hydrogens is 335 g/mol. The predicted molar refractivity (Wildman–Crippen MR) is 80.8 cm³/mol. The van der Waals surface area contributed by atoms with Crippen LogP contribution in [-0.2, 0) is 0 Å². The van der Waals surface area contributed by atoms with Crippen LogP contribution in [0.3, 0.4) is 0 Å². The summed E-state index contributed by atoms with van der Waals surface area (Å²) < 4.78 is 40.6. The fourth-order valence-electron chi connectivity index (χ4n) is 2.50. The molecule has 0 bridgehead atoms. The molecule has 1 amide bonds. The second kappa shape index (κ2) is 7.83. The molecule has 0 spiro atoms. The highest BCUT2D eigenvalue weighted by atomic mass is 35.5. The van der Waals surface area contributed by atoms with E-state index in [4.69, 9.17) is 5.73 Å². The van der Waals surface area contributed by atoms with Crippen molar-refractivity contribution in [2.75, 3.05) is 13.2 Å². The van der Waals surface area contributed by atoms with Crippen LogP contribution in [0.15, 0.2) is 18.3 Å². The minimum absolute atomic E-state index is 0. The Morgan fingerprint density at radius 2 is 2.00 bits per heavy atom. The Hall–Kier alpha value is -1.54. The monoisotopic (exact) mass is 353 g/mol. The van der Waals surface area contributed by atoms with Crippen LogP contribution in [0, 0.1) is 0 Å². The molecule has 0 saturated heterocycles. The lowest BCUT2D eigenvalue weighted by Crippen LogP contribution is -2.51. The van der Waals surface area contributed by atoms with Gasteiger partial charge in [0, 0.05) is 18.8 Å². The fourth-order valence-corrected chi connectivity index (χ4v) is 2.50. The van der Waals surface area contributed by atoms with Crippen LogP contribution in [-0.4, -0.2) is 35.8 Å². The van der Waals surface area contributed by atoms with Crippen LogP contribution in [0.25, 0.3) is 0 Å². The average molecular weight is 354 g/mol. The molecule has 1 heterocycles. The Kier molecular flexibility index (Phi) is 6.64. The third-order valence-electron chi connectivity index (χ3n) is 3.71. The van der Waals surface area contributed by atoms with Crippen molar-refractivity contribution in [2.24, 2.45) is 5.73 Å². The van der Waals surface area contributed by atoms with E-state index >= 15 is 0 Å². The van der Waals surface area contributed by atoms with Crippen LogP contribution in [0.2, 0.25) is 0 Å². The summed E-state index contributed by atoms with van der Waals surface area (Å²) in [6.07, 6.45) is 0.457. The number of hydrogen-bond acceptors (Lipinski definition) is 4. The van der Waals surface area contributed by atoms with Crippen LogP contribution < -0.4 is 15.8 Å². The molecule has 0 radical (unpaired) electrons. The van der Waals surface area contributed by atoms with Crippen molar-refractivity contribution in [3.05, 3.63) is 23.9 Å². The first kappa shape index (κ1) is 19.5. The van der Waals surface area contributed by atoms with Crippen molar-refractivity contribution in [3.63, 3.8) is 0 Å². The number of pyridine rings is 1. The van der Waals surface area contributed by atoms with E-state index in [-0.39, 0.29) is 35.3 Å². The number of rotatable bonds is 5. The lowest BCUT2D eigenvalue weighted by atomic mass is 9.97. The number of halogens is 4. The molecule has 1 aliphatic carbocycles. The molecule has 0 aromatic carbocycles. The zero-order valence-corrected chi connectivity index (χ0v) is 13.2. The van der Waals surface area contributed by atoms with Gasteiger partial charge in [0.1, 0.15) is 0 Å². The van der Waals surface area contributed by atoms with E-state index in [0.29, 0.717) is 6.54 Å². The van der Waals surface area contributed by atoms with Gasteiger partial charge in [0.05, 0.1) is 11.1 Å². The van der Waals surface area contributed by atoms with E-state index in [9.17, 15) is 18.0 Å². The number of nitrogens with one attached hydrogen (secondary N) is 1. The minimum Gasteiger partial charge on any atom is -0.468 e. The zero-order chi connectivity index (χ0) is 16.2. The van der Waals surface area contributed by atoms with Gasteiger partial charge in [-0.05, 0) is 18.9 Å². The van der Waals surface area contributed by atoms with Gasteiger partial charge in [-0.15, -0.1) is 12.4 Å². The first-order valence-corrected chi connectivity index (χ1v) is 7.02. The first-order valence-electron chi connectivity index (χ1n) is 7.02. The van der Waals surface area contributed by atoms with Crippen molar-refractivity contribution in [1.29, 1.82) is 0 Å². The van der Waals surface area contributed by atoms with Crippen LogP contribution in [0.5, 0.6) is 5.88 Å². The molecule has 5 nitrogen and oxygen atoms in total. The van der Waals surface area contributed by atoms with Gasteiger partial charge in [0.2, 0.25) is 5.88 Å². The summed E-state index contributed by atoms with van der Waals surface area (Å²) in [6.45, 7) is -1.05. The Balaban J connectivity index is 0.00000264. The predicted octanol–water partition coefficient (Wildman–Crippen LogP) is 2.45. The summed E-state index contributed by atoms with van der Waals surface area (Å²) in [6, 6.07) is 2.62. The number of hydrogen-bond donors (Lipinski definition) is 2. The summed E-state index contributed by atoms with van der Waals surface area (Å²) >= 11 is 0. The number of alkyl halides is 3. The highest BCUT2D eigenvalue weighted by Crippen LogP contribution is 2.29. The highest BCUT2D eigenvalue weighted by Gasteiger charge is 2.34. The van der Waals surface area contributed by atoms with Gasteiger partial charge in [-0.1, -0.05) is 12.8 Å². The van der Waals surface area contributed by atoms with E-state index in [1.54, 1.807) is 0 Å². The second-order valence-corrected chi connectivity index (χ2v) is 5.43. The van der Waals surface area contributed by atoms with E-state index in [2.05, 4.69) is 15.0 Å². The summed E-state index contributed by atoms with van der Waals surface area (Å²) in [5, 5.41) is 2.91. The topological polar surface area (TPSA) is 77.2 Å². The summed E-state index contributed by atoms with van der Waals surface area (Å²) in [7, 11) is 0. The van der Waals surface area contributed by atoms with Gasteiger partial charge in [0.15, 0.2) is 6.61 Å². The lowest BCUT2D eigenvalue weighted by molar-refractivity contribution is -0.154. The van der Waals surface area contributed by atoms with E-state index in [0.717, 1.165) is 25.7 Å². The molecule has 23 heavy (non-hydrogen) atoms. The van der Waals surface area contributed by atoms with Gasteiger partial charge in [-0.3, -0.25) is 4.79 Å². The molecule has 1 aromatic heterocycles. The normalized spacial score (nSPS) is 16.5. The molecule has 130 valence electrons. The molecule has 1 saturated carbocycles. The molecule has 0 atom stereocenters. The maximum absolute atomic E-state index is 12.2. The molecule has 3 N–H and O–H groups in total. The zero-order valence-electron chi connectivity index (χ0n) is 12.4. The van der Waals surface area contributed by atoms with Crippen molar-refractivity contribution >= 4 is 18.3 Å². The maximum Gasteiger partial charge on any atom is 0.422 e. The third kappa shape index (κ3) is 5.54. The van der Waals surface area contributed by atoms with Crippen molar-refractivity contribution in [3.8, 4) is 5.88 Å².